The van der Waals surface area contributed by atoms with Crippen LogP contribution in [-0.4, -0.2) is 4.57 Å². The molecule has 12 rings (SSSR count). The van der Waals surface area contributed by atoms with Gasteiger partial charge in [-0.05, 0) is 98.6 Å². The van der Waals surface area contributed by atoms with Crippen LogP contribution in [0, 0.1) is 0 Å². The Kier molecular flexibility index (Phi) is 8.76. The van der Waals surface area contributed by atoms with E-state index in [0.29, 0.717) is 0 Å². The van der Waals surface area contributed by atoms with Crippen molar-refractivity contribution in [2.45, 2.75) is 5.41 Å². The van der Waals surface area contributed by atoms with Gasteiger partial charge in [-0.3, -0.25) is 0 Å². The highest BCUT2D eigenvalue weighted by atomic mass is 15.1. The number of nitrogens with zero attached hydrogens (tertiary/aromatic N) is 2. The van der Waals surface area contributed by atoms with Crippen molar-refractivity contribution in [1.82, 2.24) is 4.57 Å². The molecule has 1 heterocycles. The monoisotopic (exact) mass is 802 g/mol. The van der Waals surface area contributed by atoms with Crippen molar-refractivity contribution >= 4 is 38.9 Å². The maximum Gasteiger partial charge on any atom is 0.0714 e. The zero-order valence-electron chi connectivity index (χ0n) is 34.6. The first kappa shape index (κ1) is 36.6. The molecule has 1 aliphatic carbocycles. The number of fused-ring (bicyclic) bond motifs is 6. The molecule has 1 aromatic heterocycles. The van der Waals surface area contributed by atoms with Crippen molar-refractivity contribution in [2.24, 2.45) is 0 Å². The van der Waals surface area contributed by atoms with Crippen molar-refractivity contribution in [3.8, 4) is 39.1 Å². The van der Waals surface area contributed by atoms with Crippen LogP contribution in [-0.2, 0) is 5.41 Å². The molecule has 0 fully saturated rings. The predicted molar refractivity (Wildman–Crippen MR) is 264 cm³/mol. The minimum Gasteiger partial charge on any atom is -0.310 e. The lowest BCUT2D eigenvalue weighted by molar-refractivity contribution is 0.768. The fourth-order valence-corrected chi connectivity index (χ4v) is 10.4. The second-order valence-corrected chi connectivity index (χ2v) is 16.4. The number of anilines is 3. The molecule has 0 aliphatic heterocycles. The van der Waals surface area contributed by atoms with Crippen molar-refractivity contribution < 1.29 is 0 Å². The molecule has 0 amide bonds. The second-order valence-electron chi connectivity index (χ2n) is 16.4. The van der Waals surface area contributed by atoms with Crippen LogP contribution in [0.1, 0.15) is 22.3 Å². The summed E-state index contributed by atoms with van der Waals surface area (Å²) in [7, 11) is 0. The van der Waals surface area contributed by atoms with E-state index in [1.807, 2.05) is 0 Å². The molecule has 10 aromatic carbocycles. The van der Waals surface area contributed by atoms with E-state index in [9.17, 15) is 0 Å². The summed E-state index contributed by atoms with van der Waals surface area (Å²) >= 11 is 0. The molecular formula is C61H42N2. The summed E-state index contributed by atoms with van der Waals surface area (Å²) < 4.78 is 2.46. The van der Waals surface area contributed by atoms with Crippen molar-refractivity contribution in [1.29, 1.82) is 0 Å². The highest BCUT2D eigenvalue weighted by molar-refractivity contribution is 6.11. The van der Waals surface area contributed by atoms with Gasteiger partial charge < -0.3 is 9.47 Å². The van der Waals surface area contributed by atoms with Gasteiger partial charge in [-0.2, -0.15) is 0 Å². The van der Waals surface area contributed by atoms with E-state index < -0.39 is 5.41 Å². The van der Waals surface area contributed by atoms with Crippen LogP contribution in [0.3, 0.4) is 0 Å². The first-order valence-corrected chi connectivity index (χ1v) is 21.8. The Hall–Kier alpha value is -8.20. The van der Waals surface area contributed by atoms with Crippen molar-refractivity contribution in [3.05, 3.63) is 277 Å². The summed E-state index contributed by atoms with van der Waals surface area (Å²) in [6.45, 7) is 0. The largest absolute Gasteiger partial charge is 0.310 e. The van der Waals surface area contributed by atoms with E-state index in [0.717, 1.165) is 28.3 Å². The molecule has 0 N–H and O–H groups in total. The molecule has 11 aromatic rings. The number of hydrogen-bond donors (Lipinski definition) is 0. The van der Waals surface area contributed by atoms with E-state index in [1.165, 1.54) is 71.9 Å². The molecule has 0 spiro atoms. The van der Waals surface area contributed by atoms with Gasteiger partial charge in [0, 0.05) is 33.4 Å². The molecule has 0 saturated carbocycles. The fraction of sp³-hybridized carbons (Fsp3) is 0.0164. The molecule has 0 atom stereocenters. The van der Waals surface area contributed by atoms with E-state index in [2.05, 4.69) is 264 Å². The molecule has 296 valence electrons. The van der Waals surface area contributed by atoms with Gasteiger partial charge in [0.25, 0.3) is 0 Å². The summed E-state index contributed by atoms with van der Waals surface area (Å²) in [5, 5.41) is 2.44. The van der Waals surface area contributed by atoms with Crippen molar-refractivity contribution in [3.63, 3.8) is 0 Å². The Morgan fingerprint density at radius 1 is 0.302 bits per heavy atom. The van der Waals surface area contributed by atoms with Crippen LogP contribution in [0.4, 0.5) is 17.1 Å². The lowest BCUT2D eigenvalue weighted by Crippen LogP contribution is -2.28. The summed E-state index contributed by atoms with van der Waals surface area (Å²) in [5.41, 5.74) is 18.5. The third-order valence-corrected chi connectivity index (χ3v) is 13.1. The normalized spacial score (nSPS) is 12.6. The molecule has 63 heavy (non-hydrogen) atoms. The predicted octanol–water partition coefficient (Wildman–Crippen LogP) is 16.0. The lowest BCUT2D eigenvalue weighted by Gasteiger charge is -2.35. The van der Waals surface area contributed by atoms with Crippen LogP contribution in [0.5, 0.6) is 0 Å². The van der Waals surface area contributed by atoms with Crippen LogP contribution in [0.25, 0.3) is 60.9 Å². The Bertz CT molecular complexity index is 3400. The molecule has 0 radical (unpaired) electrons. The maximum atomic E-state index is 2.47. The number of rotatable bonds is 8. The number of hydrogen-bond acceptors (Lipinski definition) is 1. The fourth-order valence-electron chi connectivity index (χ4n) is 10.4. The highest BCUT2D eigenvalue weighted by Gasteiger charge is 2.46. The molecule has 2 nitrogen and oxygen atoms in total. The summed E-state index contributed by atoms with van der Waals surface area (Å²) in [5.74, 6) is 0. The summed E-state index contributed by atoms with van der Waals surface area (Å²) in [4.78, 5) is 2.46. The first-order chi connectivity index (χ1) is 31.3. The van der Waals surface area contributed by atoms with Gasteiger partial charge in [0.15, 0.2) is 0 Å². The van der Waals surface area contributed by atoms with Gasteiger partial charge in [-0.25, -0.2) is 0 Å². The standard InChI is InChI=1S/C61H42N2/c1-5-20-43(21-6-1)45-24-19-29-48(40-45)62(49-36-38-53-52-31-13-16-33-56(52)61(57(53)41-49,46-25-9-3-10-26-46)47-27-11-4-12-28-47)50-37-39-55-54-32-15-18-35-59(54)63(60(55)42-50)58-34-17-14-30-51(58)44-22-7-2-8-23-44/h1-42H. The SMILES string of the molecule is c1ccc(-c2cccc(N(c3ccc4c(c3)C(c3ccccc3)(c3ccccc3)c3ccccc3-4)c3ccc4c5ccccc5n(-c5ccccc5-c5ccccc5)c4c3)c2)cc1. The van der Waals surface area contributed by atoms with Crippen LogP contribution < -0.4 is 4.90 Å². The molecular weight excluding hydrogens is 761 g/mol. The zero-order chi connectivity index (χ0) is 41.7. The van der Waals surface area contributed by atoms with Gasteiger partial charge >= 0.3 is 0 Å². The molecule has 2 heteroatoms. The Morgan fingerprint density at radius 2 is 0.825 bits per heavy atom. The smallest absolute Gasteiger partial charge is 0.0714 e. The molecule has 1 aliphatic rings. The third-order valence-electron chi connectivity index (χ3n) is 13.1. The van der Waals surface area contributed by atoms with Gasteiger partial charge in [0.05, 0.1) is 22.1 Å². The summed E-state index contributed by atoms with van der Waals surface area (Å²) in [6.07, 6.45) is 0. The van der Waals surface area contributed by atoms with Crippen LogP contribution in [0.15, 0.2) is 255 Å². The third kappa shape index (κ3) is 5.87. The van der Waals surface area contributed by atoms with Gasteiger partial charge in [0.2, 0.25) is 0 Å². The Labute approximate surface area is 368 Å². The van der Waals surface area contributed by atoms with Crippen LogP contribution in [0.2, 0.25) is 0 Å². The number of aromatic nitrogens is 1. The quantitative estimate of drug-likeness (QED) is 0.149. The van der Waals surface area contributed by atoms with E-state index in [-0.39, 0.29) is 0 Å². The van der Waals surface area contributed by atoms with Gasteiger partial charge in [-0.15, -0.1) is 0 Å². The second kappa shape index (κ2) is 15.1. The maximum absolute atomic E-state index is 2.47. The minimum atomic E-state index is -0.528. The number of para-hydroxylation sites is 2. The molecule has 0 saturated heterocycles. The molecule has 0 bridgehead atoms. The topological polar surface area (TPSA) is 8.17 Å². The average Bonchev–Trinajstić information content (AvgIpc) is 3.85. The zero-order valence-corrected chi connectivity index (χ0v) is 34.6. The van der Waals surface area contributed by atoms with Gasteiger partial charge in [-0.1, -0.05) is 206 Å². The van der Waals surface area contributed by atoms with Crippen molar-refractivity contribution in [2.75, 3.05) is 4.90 Å². The average molecular weight is 803 g/mol. The highest BCUT2D eigenvalue weighted by Crippen LogP contribution is 2.57. The Morgan fingerprint density at radius 3 is 1.57 bits per heavy atom. The lowest BCUT2D eigenvalue weighted by atomic mass is 9.67. The van der Waals surface area contributed by atoms with Crippen LogP contribution >= 0.6 is 0 Å². The molecule has 0 unspecified atom stereocenters. The van der Waals surface area contributed by atoms with E-state index >= 15 is 0 Å². The first-order valence-electron chi connectivity index (χ1n) is 21.8. The van der Waals surface area contributed by atoms with E-state index in [1.54, 1.807) is 0 Å². The Balaban J connectivity index is 1.14. The summed E-state index contributed by atoms with van der Waals surface area (Å²) in [6, 6.07) is 93.3. The minimum absolute atomic E-state index is 0.528. The van der Waals surface area contributed by atoms with E-state index in [4.69, 9.17) is 0 Å². The van der Waals surface area contributed by atoms with Gasteiger partial charge in [0.1, 0.15) is 0 Å². The number of benzene rings is 10.